The van der Waals surface area contributed by atoms with Crippen molar-refractivity contribution in [2.45, 2.75) is 19.1 Å². The number of nitrogens with zero attached hydrogens (tertiary/aromatic N) is 2. The molecular formula is C15H21ClN2O3. The molecule has 0 saturated heterocycles. The number of aromatic nitrogens is 2. The van der Waals surface area contributed by atoms with E-state index in [-0.39, 0.29) is 6.10 Å². The van der Waals surface area contributed by atoms with Crippen molar-refractivity contribution in [3.05, 3.63) is 24.0 Å². The fraction of sp³-hybridized carbons (Fsp3) is 0.533. The van der Waals surface area contributed by atoms with Crippen LogP contribution in [0, 0.1) is 0 Å². The maximum absolute atomic E-state index is 5.90. The summed E-state index contributed by atoms with van der Waals surface area (Å²) in [5.41, 5.74) is 1.88. The molecule has 1 aromatic heterocycles. The molecule has 0 N–H and O–H groups in total. The summed E-state index contributed by atoms with van der Waals surface area (Å²) in [5.74, 6) is 2.22. The van der Waals surface area contributed by atoms with Crippen LogP contribution in [0.1, 0.15) is 5.82 Å². The Bertz CT molecular complexity index is 586. The third kappa shape index (κ3) is 3.48. The Morgan fingerprint density at radius 2 is 2.10 bits per heavy atom. The molecule has 1 unspecified atom stereocenters. The van der Waals surface area contributed by atoms with Gasteiger partial charge in [0.1, 0.15) is 17.1 Å². The van der Waals surface area contributed by atoms with Gasteiger partial charge in [0.05, 0.1) is 31.9 Å². The number of para-hydroxylation sites is 1. The molecule has 0 aliphatic carbocycles. The summed E-state index contributed by atoms with van der Waals surface area (Å²) in [6, 6.07) is 5.90. The minimum atomic E-state index is -0.0346. The van der Waals surface area contributed by atoms with Crippen LogP contribution >= 0.6 is 11.6 Å². The number of hydrogen-bond acceptors (Lipinski definition) is 4. The number of alkyl halides is 1. The van der Waals surface area contributed by atoms with Gasteiger partial charge in [0.25, 0.3) is 0 Å². The third-order valence-electron chi connectivity index (χ3n) is 3.43. The number of methoxy groups -OCH3 is 3. The number of rotatable bonds is 8. The van der Waals surface area contributed by atoms with E-state index in [1.165, 1.54) is 0 Å². The minimum Gasteiger partial charge on any atom is -0.494 e. The smallest absolute Gasteiger partial charge is 0.146 e. The lowest BCUT2D eigenvalue weighted by atomic mass is 10.2. The summed E-state index contributed by atoms with van der Waals surface area (Å²) in [7, 11) is 5.00. The van der Waals surface area contributed by atoms with Crippen molar-refractivity contribution in [3.8, 4) is 5.75 Å². The van der Waals surface area contributed by atoms with E-state index >= 15 is 0 Å². The van der Waals surface area contributed by atoms with E-state index in [1.54, 1.807) is 21.3 Å². The quantitative estimate of drug-likeness (QED) is 0.703. The first-order valence-electron chi connectivity index (χ1n) is 6.85. The number of aryl methyl sites for hydroxylation is 1. The Morgan fingerprint density at radius 3 is 2.71 bits per heavy atom. The Kier molecular flexibility index (Phi) is 5.85. The van der Waals surface area contributed by atoms with Gasteiger partial charge in [-0.15, -0.1) is 11.6 Å². The zero-order chi connectivity index (χ0) is 15.2. The van der Waals surface area contributed by atoms with Gasteiger partial charge < -0.3 is 18.8 Å². The van der Waals surface area contributed by atoms with Crippen molar-refractivity contribution in [2.24, 2.45) is 0 Å². The summed E-state index contributed by atoms with van der Waals surface area (Å²) < 4.78 is 18.2. The molecule has 1 atom stereocenters. The molecule has 116 valence electrons. The lowest BCUT2D eigenvalue weighted by Gasteiger charge is -2.17. The summed E-state index contributed by atoms with van der Waals surface area (Å²) in [6.07, 6.45) is 0.663. The van der Waals surface area contributed by atoms with Crippen LogP contribution in [-0.4, -0.2) is 49.5 Å². The second-order valence-corrected chi connectivity index (χ2v) is 5.10. The molecule has 0 radical (unpaired) electrons. The molecule has 0 aliphatic rings. The van der Waals surface area contributed by atoms with Gasteiger partial charge >= 0.3 is 0 Å². The van der Waals surface area contributed by atoms with Crippen molar-refractivity contribution in [2.75, 3.05) is 33.8 Å². The molecule has 0 aliphatic heterocycles. The Labute approximate surface area is 129 Å². The molecule has 0 saturated carbocycles. The normalized spacial score (nSPS) is 12.8. The highest BCUT2D eigenvalue weighted by Gasteiger charge is 2.17. The number of benzene rings is 1. The van der Waals surface area contributed by atoms with Crippen LogP contribution in [0.2, 0.25) is 0 Å². The van der Waals surface area contributed by atoms with Crippen LogP contribution in [0.5, 0.6) is 5.75 Å². The standard InChI is InChI=1S/C15H21ClN2O3/c1-19-10-11(20-2)9-18-12-5-4-6-13(21-3)15(12)17-14(18)7-8-16/h4-6,11H,7-10H2,1-3H3. The first kappa shape index (κ1) is 16.1. The van der Waals surface area contributed by atoms with E-state index in [9.17, 15) is 0 Å². The van der Waals surface area contributed by atoms with Crippen molar-refractivity contribution >= 4 is 22.6 Å². The first-order valence-corrected chi connectivity index (χ1v) is 7.38. The molecule has 6 heteroatoms. The molecule has 2 aromatic rings. The van der Waals surface area contributed by atoms with Gasteiger partial charge in [0.15, 0.2) is 0 Å². The van der Waals surface area contributed by atoms with Crippen LogP contribution in [0.4, 0.5) is 0 Å². The number of fused-ring (bicyclic) bond motifs is 1. The average Bonchev–Trinajstić information content (AvgIpc) is 2.85. The summed E-state index contributed by atoms with van der Waals surface area (Å²) >= 11 is 5.90. The number of ether oxygens (including phenoxy) is 3. The monoisotopic (exact) mass is 312 g/mol. The second-order valence-electron chi connectivity index (χ2n) is 4.72. The molecular weight excluding hydrogens is 292 g/mol. The van der Waals surface area contributed by atoms with Gasteiger partial charge in [0.2, 0.25) is 0 Å². The summed E-state index contributed by atoms with van der Waals surface area (Å²) in [5, 5.41) is 0. The zero-order valence-electron chi connectivity index (χ0n) is 12.6. The lowest BCUT2D eigenvalue weighted by molar-refractivity contribution is 0.0186. The molecule has 0 bridgehead atoms. The topological polar surface area (TPSA) is 45.5 Å². The van der Waals surface area contributed by atoms with Crippen molar-refractivity contribution in [3.63, 3.8) is 0 Å². The van der Waals surface area contributed by atoms with Crippen LogP contribution in [-0.2, 0) is 22.4 Å². The molecule has 21 heavy (non-hydrogen) atoms. The summed E-state index contributed by atoms with van der Waals surface area (Å²) in [6.45, 7) is 1.20. The van der Waals surface area contributed by atoms with E-state index < -0.39 is 0 Å². The summed E-state index contributed by atoms with van der Waals surface area (Å²) in [4.78, 5) is 4.68. The van der Waals surface area contributed by atoms with E-state index in [4.69, 9.17) is 25.8 Å². The highest BCUT2D eigenvalue weighted by Crippen LogP contribution is 2.26. The first-order chi connectivity index (χ1) is 10.2. The SMILES string of the molecule is COCC(Cn1c(CCCl)nc2c(OC)cccc21)OC. The fourth-order valence-electron chi connectivity index (χ4n) is 2.40. The molecule has 0 fully saturated rings. The van der Waals surface area contributed by atoms with Crippen molar-refractivity contribution in [1.29, 1.82) is 0 Å². The van der Waals surface area contributed by atoms with Crippen molar-refractivity contribution < 1.29 is 14.2 Å². The van der Waals surface area contributed by atoms with Crippen LogP contribution in [0.3, 0.4) is 0 Å². The zero-order valence-corrected chi connectivity index (χ0v) is 13.4. The van der Waals surface area contributed by atoms with Crippen LogP contribution in [0.15, 0.2) is 18.2 Å². The van der Waals surface area contributed by atoms with Gasteiger partial charge in [-0.2, -0.15) is 0 Å². The Hall–Kier alpha value is -1.30. The van der Waals surface area contributed by atoms with Gasteiger partial charge in [-0.05, 0) is 12.1 Å². The molecule has 1 heterocycles. The molecule has 0 amide bonds. The third-order valence-corrected chi connectivity index (χ3v) is 3.62. The maximum atomic E-state index is 5.90. The van der Waals surface area contributed by atoms with E-state index in [0.717, 1.165) is 22.6 Å². The van der Waals surface area contributed by atoms with Gasteiger partial charge in [-0.3, -0.25) is 0 Å². The van der Waals surface area contributed by atoms with Gasteiger partial charge in [-0.1, -0.05) is 6.07 Å². The largest absolute Gasteiger partial charge is 0.494 e. The number of hydrogen-bond donors (Lipinski definition) is 0. The number of imidazole rings is 1. The predicted octanol–water partition coefficient (Wildman–Crippen LogP) is 2.49. The predicted molar refractivity (Wildman–Crippen MR) is 83.4 cm³/mol. The minimum absolute atomic E-state index is 0.0346. The molecule has 2 rings (SSSR count). The molecule has 1 aromatic carbocycles. The van der Waals surface area contributed by atoms with Gasteiger partial charge in [-0.25, -0.2) is 4.98 Å². The molecule has 0 spiro atoms. The van der Waals surface area contributed by atoms with E-state index in [2.05, 4.69) is 9.55 Å². The van der Waals surface area contributed by atoms with Crippen LogP contribution < -0.4 is 4.74 Å². The van der Waals surface area contributed by atoms with E-state index in [1.807, 2.05) is 18.2 Å². The fourth-order valence-corrected chi connectivity index (χ4v) is 2.57. The highest BCUT2D eigenvalue weighted by molar-refractivity contribution is 6.17. The highest BCUT2D eigenvalue weighted by atomic mass is 35.5. The second kappa shape index (κ2) is 7.64. The Balaban J connectivity index is 2.45. The lowest BCUT2D eigenvalue weighted by Crippen LogP contribution is -2.24. The van der Waals surface area contributed by atoms with E-state index in [0.29, 0.717) is 25.5 Å². The number of halogens is 1. The van der Waals surface area contributed by atoms with Crippen molar-refractivity contribution in [1.82, 2.24) is 9.55 Å². The molecule has 5 nitrogen and oxygen atoms in total. The maximum Gasteiger partial charge on any atom is 0.146 e. The van der Waals surface area contributed by atoms with Crippen LogP contribution in [0.25, 0.3) is 11.0 Å². The Morgan fingerprint density at radius 1 is 1.29 bits per heavy atom. The average molecular weight is 313 g/mol. The van der Waals surface area contributed by atoms with Gasteiger partial charge in [0, 0.05) is 26.5 Å².